The van der Waals surface area contributed by atoms with Crippen molar-refractivity contribution in [3.8, 4) is 0 Å². The molecule has 1 aliphatic rings. The number of amides is 1. The van der Waals surface area contributed by atoms with Crippen molar-refractivity contribution in [2.24, 2.45) is 5.92 Å². The van der Waals surface area contributed by atoms with Gasteiger partial charge in [0.15, 0.2) is 0 Å². The van der Waals surface area contributed by atoms with Crippen molar-refractivity contribution in [3.63, 3.8) is 0 Å². The lowest BCUT2D eigenvalue weighted by atomic mass is 10.1. The van der Waals surface area contributed by atoms with Gasteiger partial charge in [-0.3, -0.25) is 4.79 Å². The Kier molecular flexibility index (Phi) is 4.55. The minimum Gasteiger partial charge on any atom is -0.462 e. The van der Waals surface area contributed by atoms with E-state index >= 15 is 0 Å². The molecule has 1 unspecified atom stereocenters. The number of hydrogen-bond acceptors (Lipinski definition) is 4. The van der Waals surface area contributed by atoms with E-state index in [1.165, 1.54) is 7.11 Å². The highest BCUT2D eigenvalue weighted by Crippen LogP contribution is 2.14. The number of rotatable bonds is 3. The summed E-state index contributed by atoms with van der Waals surface area (Å²) in [4.78, 5) is 24.2. The Morgan fingerprint density at radius 2 is 2.27 bits per heavy atom. The summed E-state index contributed by atoms with van der Waals surface area (Å²) in [5.41, 5.74) is 0. The van der Waals surface area contributed by atoms with Crippen LogP contribution < -0.4 is 5.32 Å². The third-order valence-electron chi connectivity index (χ3n) is 2.74. The summed E-state index contributed by atoms with van der Waals surface area (Å²) < 4.78 is 4.31. The highest BCUT2D eigenvalue weighted by Gasteiger charge is 2.22. The molecule has 1 rings (SSSR count). The molecule has 1 aliphatic heterocycles. The van der Waals surface area contributed by atoms with Gasteiger partial charge in [0.25, 0.3) is 0 Å². The van der Waals surface area contributed by atoms with E-state index in [2.05, 4.69) is 21.9 Å². The number of ether oxygens (including phenoxy) is 1. The van der Waals surface area contributed by atoms with E-state index in [0.29, 0.717) is 12.5 Å². The van der Waals surface area contributed by atoms with Gasteiger partial charge in [0.05, 0.1) is 7.11 Å². The smallest absolute Gasteiger partial charge is 0.396 e. The molecule has 0 spiro atoms. The largest absolute Gasteiger partial charge is 0.462 e. The van der Waals surface area contributed by atoms with Crippen molar-refractivity contribution in [1.82, 2.24) is 10.2 Å². The van der Waals surface area contributed by atoms with Crippen molar-refractivity contribution in [2.75, 3.05) is 33.3 Å². The fourth-order valence-electron chi connectivity index (χ4n) is 1.77. The van der Waals surface area contributed by atoms with Crippen LogP contribution in [-0.4, -0.2) is 50.1 Å². The fourth-order valence-corrected chi connectivity index (χ4v) is 1.77. The monoisotopic (exact) mass is 214 g/mol. The lowest BCUT2D eigenvalue weighted by molar-refractivity contribution is -0.152. The summed E-state index contributed by atoms with van der Waals surface area (Å²) in [5.74, 6) is -1.01. The first-order valence-corrected chi connectivity index (χ1v) is 5.25. The van der Waals surface area contributed by atoms with Gasteiger partial charge in [-0.25, -0.2) is 4.79 Å². The summed E-state index contributed by atoms with van der Waals surface area (Å²) in [6.45, 7) is 5.80. The van der Waals surface area contributed by atoms with Gasteiger partial charge in [-0.1, -0.05) is 6.92 Å². The molecule has 0 bridgehead atoms. The molecule has 1 saturated heterocycles. The first-order valence-electron chi connectivity index (χ1n) is 5.25. The molecule has 0 aliphatic carbocycles. The van der Waals surface area contributed by atoms with Crippen LogP contribution in [0.15, 0.2) is 0 Å². The summed E-state index contributed by atoms with van der Waals surface area (Å²) in [6.07, 6.45) is 1.08. The number of nitrogens with one attached hydrogen (secondary N) is 1. The molecule has 0 aromatic heterocycles. The van der Waals surface area contributed by atoms with Crippen LogP contribution in [-0.2, 0) is 14.3 Å². The Labute approximate surface area is 89.8 Å². The highest BCUT2D eigenvalue weighted by molar-refractivity contribution is 6.32. The van der Waals surface area contributed by atoms with E-state index in [-0.39, 0.29) is 0 Å². The second kappa shape index (κ2) is 5.70. The Hall–Kier alpha value is -1.10. The normalized spacial score (nSPS) is 21.3. The predicted octanol–water partition coefficient (Wildman–Crippen LogP) is -0.383. The second-order valence-electron chi connectivity index (χ2n) is 3.75. The van der Waals surface area contributed by atoms with Crippen LogP contribution in [0, 0.1) is 5.92 Å². The van der Waals surface area contributed by atoms with Gasteiger partial charge in [0.1, 0.15) is 0 Å². The molecule has 15 heavy (non-hydrogen) atoms. The number of nitrogens with zero attached hydrogens (tertiary/aromatic N) is 1. The molecule has 1 heterocycles. The van der Waals surface area contributed by atoms with Crippen LogP contribution in [0.1, 0.15) is 13.3 Å². The summed E-state index contributed by atoms with van der Waals surface area (Å²) in [5, 5.41) is 2.58. The fraction of sp³-hybridized carbons (Fsp3) is 0.800. The molecule has 1 fully saturated rings. The zero-order valence-corrected chi connectivity index (χ0v) is 9.28. The number of methoxy groups -OCH3 is 1. The Bertz CT molecular complexity index is 243. The zero-order valence-electron chi connectivity index (χ0n) is 9.28. The van der Waals surface area contributed by atoms with Gasteiger partial charge in [0, 0.05) is 13.1 Å². The standard InChI is InChI=1S/C10H18N2O3/c1-3-12-5-4-8(7-12)6-11-9(13)10(14)15-2/h8H,3-7H2,1-2H3,(H,11,13). The molecular weight excluding hydrogens is 196 g/mol. The average Bonchev–Trinajstić information content (AvgIpc) is 2.72. The Morgan fingerprint density at radius 1 is 1.53 bits per heavy atom. The van der Waals surface area contributed by atoms with Gasteiger partial charge in [-0.15, -0.1) is 0 Å². The number of carbonyl (C=O) groups is 2. The quantitative estimate of drug-likeness (QED) is 0.514. The van der Waals surface area contributed by atoms with E-state index in [0.717, 1.165) is 26.1 Å². The molecule has 0 aromatic rings. The van der Waals surface area contributed by atoms with Crippen molar-refractivity contribution in [2.45, 2.75) is 13.3 Å². The second-order valence-corrected chi connectivity index (χ2v) is 3.75. The molecule has 0 saturated carbocycles. The maximum absolute atomic E-state index is 11.1. The van der Waals surface area contributed by atoms with Crippen LogP contribution in [0.4, 0.5) is 0 Å². The molecular formula is C10H18N2O3. The number of esters is 1. The number of likely N-dealkylation sites (tertiary alicyclic amines) is 1. The zero-order chi connectivity index (χ0) is 11.3. The third kappa shape index (κ3) is 3.51. The van der Waals surface area contributed by atoms with Crippen LogP contribution in [0.3, 0.4) is 0 Å². The number of hydrogen-bond donors (Lipinski definition) is 1. The van der Waals surface area contributed by atoms with Crippen molar-refractivity contribution < 1.29 is 14.3 Å². The summed E-state index contributed by atoms with van der Waals surface area (Å²) >= 11 is 0. The molecule has 0 radical (unpaired) electrons. The molecule has 5 nitrogen and oxygen atoms in total. The molecule has 1 atom stereocenters. The molecule has 0 aromatic carbocycles. The van der Waals surface area contributed by atoms with Crippen molar-refractivity contribution in [1.29, 1.82) is 0 Å². The van der Waals surface area contributed by atoms with Crippen LogP contribution >= 0.6 is 0 Å². The van der Waals surface area contributed by atoms with E-state index in [9.17, 15) is 9.59 Å². The van der Waals surface area contributed by atoms with E-state index in [1.807, 2.05) is 0 Å². The molecule has 1 amide bonds. The van der Waals surface area contributed by atoms with Gasteiger partial charge in [-0.2, -0.15) is 0 Å². The lowest BCUT2D eigenvalue weighted by Gasteiger charge is -2.13. The van der Waals surface area contributed by atoms with Crippen molar-refractivity contribution >= 4 is 11.9 Å². The topological polar surface area (TPSA) is 58.6 Å². The molecule has 5 heteroatoms. The maximum atomic E-state index is 11.1. The minimum absolute atomic E-state index is 0.457. The SMILES string of the molecule is CCN1CCC(CNC(=O)C(=O)OC)C1. The van der Waals surface area contributed by atoms with E-state index in [4.69, 9.17) is 0 Å². The van der Waals surface area contributed by atoms with Gasteiger partial charge in [0.2, 0.25) is 0 Å². The average molecular weight is 214 g/mol. The van der Waals surface area contributed by atoms with E-state index in [1.54, 1.807) is 0 Å². The third-order valence-corrected chi connectivity index (χ3v) is 2.74. The lowest BCUT2D eigenvalue weighted by Crippen LogP contribution is -2.36. The molecule has 86 valence electrons. The number of carbonyl (C=O) groups excluding carboxylic acids is 2. The first kappa shape index (κ1) is 12.0. The van der Waals surface area contributed by atoms with Gasteiger partial charge < -0.3 is 15.0 Å². The first-order chi connectivity index (χ1) is 7.17. The molecule has 1 N–H and O–H groups in total. The Balaban J connectivity index is 2.21. The highest BCUT2D eigenvalue weighted by atomic mass is 16.5. The minimum atomic E-state index is -0.819. The van der Waals surface area contributed by atoms with Gasteiger partial charge in [-0.05, 0) is 25.4 Å². The van der Waals surface area contributed by atoms with Crippen molar-refractivity contribution in [3.05, 3.63) is 0 Å². The van der Waals surface area contributed by atoms with Crippen LogP contribution in [0.25, 0.3) is 0 Å². The Morgan fingerprint density at radius 3 is 2.80 bits per heavy atom. The maximum Gasteiger partial charge on any atom is 0.396 e. The predicted molar refractivity (Wildman–Crippen MR) is 55.2 cm³/mol. The van der Waals surface area contributed by atoms with E-state index < -0.39 is 11.9 Å². The summed E-state index contributed by atoms with van der Waals surface area (Å²) in [7, 11) is 1.20. The van der Waals surface area contributed by atoms with Crippen LogP contribution in [0.2, 0.25) is 0 Å². The van der Waals surface area contributed by atoms with Crippen LogP contribution in [0.5, 0.6) is 0 Å². The summed E-state index contributed by atoms with van der Waals surface area (Å²) in [6, 6.07) is 0. The van der Waals surface area contributed by atoms with Gasteiger partial charge >= 0.3 is 11.9 Å².